The molecule has 10 heteroatoms. The van der Waals surface area contributed by atoms with Crippen molar-refractivity contribution < 1.29 is 31.9 Å². The minimum atomic E-state index is -4.87. The highest BCUT2D eigenvalue weighted by atomic mass is 19.4. The van der Waals surface area contributed by atoms with Gasteiger partial charge >= 0.3 is 12.2 Å². The lowest BCUT2D eigenvalue weighted by atomic mass is 10.1. The topological polar surface area (TPSA) is 56.7 Å². The fraction of sp³-hybridized carbons (Fsp3) is 0.500. The van der Waals surface area contributed by atoms with Crippen LogP contribution in [-0.2, 0) is 5.92 Å². The minimum absolute atomic E-state index is 0.295. The lowest BCUT2D eigenvalue weighted by Gasteiger charge is -2.24. The zero-order chi connectivity index (χ0) is 16.9. The maximum Gasteiger partial charge on any atom is 0.413 e. The molecule has 1 fully saturated rings. The number of aromatic nitrogens is 1. The summed E-state index contributed by atoms with van der Waals surface area (Å²) >= 11 is 0. The molecule has 1 aliphatic rings. The van der Waals surface area contributed by atoms with Crippen molar-refractivity contribution in [3.05, 3.63) is 23.9 Å². The number of carbonyl (C=O) groups excluding carboxylic acids is 1. The van der Waals surface area contributed by atoms with Crippen LogP contribution in [0, 0.1) is 0 Å². The van der Waals surface area contributed by atoms with Crippen molar-refractivity contribution in [1.29, 1.82) is 0 Å². The van der Waals surface area contributed by atoms with E-state index in [1.165, 1.54) is 0 Å². The quantitative estimate of drug-likeness (QED) is 0.849. The largest absolute Gasteiger partial charge is 0.413 e. The summed E-state index contributed by atoms with van der Waals surface area (Å²) in [6.07, 6.45) is -6.21. The number of halogens is 5. The van der Waals surface area contributed by atoms with Gasteiger partial charge in [0.2, 0.25) is 0 Å². The van der Waals surface area contributed by atoms with E-state index in [2.05, 4.69) is 4.98 Å². The summed E-state index contributed by atoms with van der Waals surface area (Å²) in [5.74, 6) is -3.74. The smallest absolute Gasteiger partial charge is 0.370 e. The Kier molecular flexibility index (Phi) is 3.76. The number of pyridine rings is 1. The van der Waals surface area contributed by atoms with Crippen LogP contribution in [0.5, 0.6) is 0 Å². The first-order chi connectivity index (χ1) is 9.94. The number of hydrogen-bond acceptors (Lipinski definition) is 3. The first-order valence-electron chi connectivity index (χ1n) is 6.09. The van der Waals surface area contributed by atoms with E-state index < -0.39 is 41.8 Å². The van der Waals surface area contributed by atoms with Crippen molar-refractivity contribution in [2.45, 2.75) is 31.3 Å². The Morgan fingerprint density at radius 3 is 2.32 bits per heavy atom. The molecule has 5 nitrogen and oxygen atoms in total. The third kappa shape index (κ3) is 2.70. The van der Waals surface area contributed by atoms with Crippen LogP contribution in [-0.4, -0.2) is 46.5 Å². The summed E-state index contributed by atoms with van der Waals surface area (Å²) in [7, 11) is 0.863. The monoisotopic (exact) mass is 325 g/mol. The van der Waals surface area contributed by atoms with Gasteiger partial charge in [-0.15, -0.1) is 0 Å². The predicted molar refractivity (Wildman–Crippen MR) is 65.3 cm³/mol. The molecule has 22 heavy (non-hydrogen) atoms. The van der Waals surface area contributed by atoms with Gasteiger partial charge in [-0.2, -0.15) is 13.2 Å². The molecule has 0 aliphatic carbocycles. The average molecular weight is 325 g/mol. The van der Waals surface area contributed by atoms with Crippen LogP contribution in [0.25, 0.3) is 0 Å². The zero-order valence-electron chi connectivity index (χ0n) is 11.5. The number of carbonyl (C=O) groups is 1. The first-order valence-corrected chi connectivity index (χ1v) is 6.09. The van der Waals surface area contributed by atoms with Crippen molar-refractivity contribution in [2.24, 2.45) is 0 Å². The van der Waals surface area contributed by atoms with Crippen LogP contribution >= 0.6 is 0 Å². The van der Waals surface area contributed by atoms with Crippen molar-refractivity contribution in [2.75, 3.05) is 11.9 Å². The van der Waals surface area contributed by atoms with Crippen LogP contribution < -0.4 is 4.90 Å². The second-order valence-electron chi connectivity index (χ2n) is 4.95. The Labute approximate surface area is 122 Å². The molecule has 1 aromatic heterocycles. The summed E-state index contributed by atoms with van der Waals surface area (Å²) in [5.41, 5.74) is -0.532. The van der Waals surface area contributed by atoms with Crippen LogP contribution in [0.2, 0.25) is 0 Å². The van der Waals surface area contributed by atoms with E-state index in [4.69, 9.17) is 0 Å². The molecule has 0 bridgehead atoms. The Bertz CT molecular complexity index is 587. The maximum absolute atomic E-state index is 13.3. The Hall–Kier alpha value is -1.97. The molecule has 122 valence electrons. The summed E-state index contributed by atoms with van der Waals surface area (Å²) < 4.78 is 65.2. The number of amides is 2. The maximum atomic E-state index is 13.3. The number of nitrogens with zero attached hydrogens (tertiary/aromatic N) is 3. The first kappa shape index (κ1) is 16.4. The van der Waals surface area contributed by atoms with Gasteiger partial charge in [-0.1, -0.05) is 0 Å². The van der Waals surface area contributed by atoms with Gasteiger partial charge < -0.3 is 10.0 Å². The fourth-order valence-corrected chi connectivity index (χ4v) is 2.19. The van der Waals surface area contributed by atoms with E-state index in [1.807, 2.05) is 0 Å². The second kappa shape index (κ2) is 5.04. The second-order valence-corrected chi connectivity index (χ2v) is 4.95. The van der Waals surface area contributed by atoms with Gasteiger partial charge in [0.25, 0.3) is 5.92 Å². The highest BCUT2D eigenvalue weighted by Gasteiger charge is 2.57. The van der Waals surface area contributed by atoms with E-state index in [0.717, 1.165) is 25.4 Å². The number of rotatable bonds is 2. The number of likely N-dealkylation sites (N-methyl/N-ethyl adjacent to an activating group) is 1. The van der Waals surface area contributed by atoms with Gasteiger partial charge in [0.05, 0.1) is 0 Å². The summed E-state index contributed by atoms with van der Waals surface area (Å²) in [5, 5.41) is 9.79. The number of alkyl halides is 5. The van der Waals surface area contributed by atoms with E-state index in [1.54, 1.807) is 0 Å². The Morgan fingerprint density at radius 2 is 1.86 bits per heavy atom. The van der Waals surface area contributed by atoms with Gasteiger partial charge in [-0.3, -0.25) is 0 Å². The summed E-state index contributed by atoms with van der Waals surface area (Å²) in [6.45, 7) is 0.596. The van der Waals surface area contributed by atoms with Gasteiger partial charge in [0, 0.05) is 25.7 Å². The molecular weight excluding hydrogens is 313 g/mol. The van der Waals surface area contributed by atoms with Crippen molar-refractivity contribution >= 4 is 11.8 Å². The number of urea groups is 1. The molecule has 1 saturated heterocycles. The number of aliphatic hydroxyl groups excluding tert-OH is 1. The van der Waals surface area contributed by atoms with E-state index in [9.17, 15) is 31.9 Å². The molecule has 2 atom stereocenters. The lowest BCUT2D eigenvalue weighted by Crippen LogP contribution is -2.47. The predicted octanol–water partition coefficient (Wildman–Crippen LogP) is 2.31. The molecule has 2 unspecified atom stereocenters. The van der Waals surface area contributed by atoms with Crippen LogP contribution in [0.3, 0.4) is 0 Å². The normalized spacial score (nSPS) is 23.4. The molecular formula is C12H12F5N3O2. The van der Waals surface area contributed by atoms with Gasteiger partial charge in [0.1, 0.15) is 5.82 Å². The van der Waals surface area contributed by atoms with Crippen molar-refractivity contribution in [3.63, 3.8) is 0 Å². The van der Waals surface area contributed by atoms with Gasteiger partial charge in [-0.25, -0.2) is 23.5 Å². The summed E-state index contributed by atoms with van der Waals surface area (Å²) in [4.78, 5) is 16.1. The van der Waals surface area contributed by atoms with Crippen LogP contribution in [0.4, 0.5) is 32.6 Å². The number of anilines is 1. The fourth-order valence-electron chi connectivity index (χ4n) is 2.19. The molecule has 2 rings (SSSR count). The molecule has 2 heterocycles. The molecule has 1 aliphatic heterocycles. The van der Waals surface area contributed by atoms with Crippen molar-refractivity contribution in [3.8, 4) is 0 Å². The van der Waals surface area contributed by atoms with Gasteiger partial charge in [0.15, 0.2) is 12.3 Å². The summed E-state index contributed by atoms with van der Waals surface area (Å²) in [6, 6.07) is -1.90. The van der Waals surface area contributed by atoms with Gasteiger partial charge in [-0.05, 0) is 12.1 Å². The molecule has 1 N–H and O–H groups in total. The highest BCUT2D eigenvalue weighted by molar-refractivity contribution is 5.94. The number of aliphatic hydroxyl groups is 1. The van der Waals surface area contributed by atoms with Crippen LogP contribution in [0.1, 0.15) is 12.5 Å². The van der Waals surface area contributed by atoms with E-state index in [-0.39, 0.29) is 0 Å². The molecule has 0 spiro atoms. The Morgan fingerprint density at radius 1 is 1.27 bits per heavy atom. The molecule has 0 saturated carbocycles. The highest BCUT2D eigenvalue weighted by Crippen LogP contribution is 2.36. The van der Waals surface area contributed by atoms with Crippen LogP contribution in [0.15, 0.2) is 18.3 Å². The standard InChI is InChI=1S/C12H12F5N3O2/c1-11(13,14)6-3-4-18-7(5-6)20-9(21)8(12(15,16)17)19(2)10(20)22/h3-5,8-9,21H,1-2H3. The SMILES string of the molecule is CN1C(=O)N(c2cc(C(C)(F)F)ccn2)C(O)C1C(F)(F)F. The number of hydrogen-bond donors (Lipinski definition) is 1. The van der Waals surface area contributed by atoms with E-state index >= 15 is 0 Å². The minimum Gasteiger partial charge on any atom is -0.370 e. The third-order valence-corrected chi connectivity index (χ3v) is 3.31. The lowest BCUT2D eigenvalue weighted by molar-refractivity contribution is -0.187. The molecule has 2 amide bonds. The Balaban J connectivity index is 2.43. The third-order valence-electron chi connectivity index (χ3n) is 3.31. The average Bonchev–Trinajstić information content (AvgIpc) is 2.58. The molecule has 0 aromatic carbocycles. The molecule has 0 radical (unpaired) electrons. The van der Waals surface area contributed by atoms with E-state index in [0.29, 0.717) is 16.7 Å². The molecule has 1 aromatic rings. The van der Waals surface area contributed by atoms with Crippen molar-refractivity contribution in [1.82, 2.24) is 9.88 Å². The zero-order valence-corrected chi connectivity index (χ0v) is 11.5.